The number of likely N-dealkylation sites (tertiary alicyclic amines) is 1. The Kier molecular flexibility index (Phi) is 9.43. The van der Waals surface area contributed by atoms with Crippen LogP contribution in [-0.2, 0) is 4.74 Å². The second-order valence-electron chi connectivity index (χ2n) is 5.45. The molecule has 114 valence electrons. The highest BCUT2D eigenvalue weighted by atomic mass is 16.5. The van der Waals surface area contributed by atoms with E-state index < -0.39 is 0 Å². The average Bonchev–Trinajstić information content (AvgIpc) is 2.46. The first-order valence-corrected chi connectivity index (χ1v) is 7.99. The van der Waals surface area contributed by atoms with E-state index in [0.717, 1.165) is 45.3 Å². The minimum absolute atomic E-state index is 0.785. The van der Waals surface area contributed by atoms with Gasteiger partial charge < -0.3 is 19.9 Å². The summed E-state index contributed by atoms with van der Waals surface area (Å²) < 4.78 is 5.32. The molecular weight excluding hydrogens is 238 g/mol. The molecule has 0 bridgehead atoms. The van der Waals surface area contributed by atoms with Gasteiger partial charge in [0, 0.05) is 32.3 Å². The molecule has 19 heavy (non-hydrogen) atoms. The Morgan fingerprint density at radius 3 is 2.58 bits per heavy atom. The first-order valence-electron chi connectivity index (χ1n) is 7.99. The highest BCUT2D eigenvalue weighted by Gasteiger charge is 2.20. The Balaban J connectivity index is 1.97. The third-order valence-corrected chi connectivity index (χ3v) is 4.12. The van der Waals surface area contributed by atoms with Gasteiger partial charge in [0.05, 0.1) is 0 Å². The first-order chi connectivity index (χ1) is 9.27. The lowest BCUT2D eigenvalue weighted by Gasteiger charge is -2.36. The maximum Gasteiger partial charge on any atom is 0.0477 e. The SMILES string of the molecule is CCOCCCNCCN(C)C1CCN(CC)CC1. The predicted octanol–water partition coefficient (Wildman–Crippen LogP) is 1.42. The van der Waals surface area contributed by atoms with Gasteiger partial charge in [-0.25, -0.2) is 0 Å². The molecule has 1 aliphatic heterocycles. The van der Waals surface area contributed by atoms with E-state index >= 15 is 0 Å². The van der Waals surface area contributed by atoms with Gasteiger partial charge in [0.2, 0.25) is 0 Å². The largest absolute Gasteiger partial charge is 0.382 e. The lowest BCUT2D eigenvalue weighted by atomic mass is 10.0. The standard InChI is InChI=1S/C15H33N3O/c1-4-18-11-7-15(8-12-18)17(3)13-10-16-9-6-14-19-5-2/h15-16H,4-14H2,1-3H3. The molecule has 1 saturated heterocycles. The van der Waals surface area contributed by atoms with E-state index in [-0.39, 0.29) is 0 Å². The molecule has 0 unspecified atom stereocenters. The smallest absolute Gasteiger partial charge is 0.0477 e. The van der Waals surface area contributed by atoms with Crippen molar-refractivity contribution in [3.63, 3.8) is 0 Å². The second kappa shape index (κ2) is 10.6. The molecule has 1 N–H and O–H groups in total. The van der Waals surface area contributed by atoms with Crippen LogP contribution in [0.25, 0.3) is 0 Å². The fraction of sp³-hybridized carbons (Fsp3) is 1.00. The van der Waals surface area contributed by atoms with Gasteiger partial charge in [0.1, 0.15) is 0 Å². The Morgan fingerprint density at radius 2 is 1.95 bits per heavy atom. The zero-order valence-corrected chi connectivity index (χ0v) is 13.2. The summed E-state index contributed by atoms with van der Waals surface area (Å²) in [4.78, 5) is 5.08. The molecule has 0 saturated carbocycles. The van der Waals surface area contributed by atoms with Crippen LogP contribution in [0, 0.1) is 0 Å². The summed E-state index contributed by atoms with van der Waals surface area (Å²) in [5.74, 6) is 0. The summed E-state index contributed by atoms with van der Waals surface area (Å²) in [7, 11) is 2.27. The van der Waals surface area contributed by atoms with E-state index in [9.17, 15) is 0 Å². The van der Waals surface area contributed by atoms with Crippen molar-refractivity contribution in [2.24, 2.45) is 0 Å². The van der Waals surface area contributed by atoms with E-state index in [0.29, 0.717) is 0 Å². The van der Waals surface area contributed by atoms with Crippen LogP contribution in [0.3, 0.4) is 0 Å². The fourth-order valence-electron chi connectivity index (χ4n) is 2.68. The average molecular weight is 271 g/mol. The molecule has 0 aromatic heterocycles. The van der Waals surface area contributed by atoms with Gasteiger partial charge in [-0.2, -0.15) is 0 Å². The third-order valence-electron chi connectivity index (χ3n) is 4.12. The van der Waals surface area contributed by atoms with Gasteiger partial charge in [-0.1, -0.05) is 6.92 Å². The lowest BCUT2D eigenvalue weighted by Crippen LogP contribution is -2.45. The van der Waals surface area contributed by atoms with E-state index in [1.54, 1.807) is 0 Å². The molecule has 1 heterocycles. The molecule has 1 fully saturated rings. The summed E-state index contributed by atoms with van der Waals surface area (Å²) >= 11 is 0. The van der Waals surface area contributed by atoms with Gasteiger partial charge in [-0.05, 0) is 59.4 Å². The summed E-state index contributed by atoms with van der Waals surface area (Å²) in [6.45, 7) is 13.1. The number of ether oxygens (including phenoxy) is 1. The van der Waals surface area contributed by atoms with Gasteiger partial charge in [-0.3, -0.25) is 0 Å². The van der Waals surface area contributed by atoms with Crippen LogP contribution >= 0.6 is 0 Å². The minimum atomic E-state index is 0.785. The molecule has 0 aliphatic carbocycles. The molecule has 0 aromatic carbocycles. The topological polar surface area (TPSA) is 27.7 Å². The number of likely N-dealkylation sites (N-methyl/N-ethyl adjacent to an activating group) is 1. The molecular formula is C15H33N3O. The summed E-state index contributed by atoms with van der Waals surface area (Å²) in [5, 5.41) is 3.50. The van der Waals surface area contributed by atoms with Crippen LogP contribution in [0.5, 0.6) is 0 Å². The van der Waals surface area contributed by atoms with Crippen LogP contribution in [0.1, 0.15) is 33.1 Å². The van der Waals surface area contributed by atoms with E-state index in [2.05, 4.69) is 29.1 Å². The second-order valence-corrected chi connectivity index (χ2v) is 5.45. The molecule has 4 heteroatoms. The molecule has 0 radical (unpaired) electrons. The van der Waals surface area contributed by atoms with Crippen LogP contribution in [0.4, 0.5) is 0 Å². The van der Waals surface area contributed by atoms with Gasteiger partial charge in [0.25, 0.3) is 0 Å². The van der Waals surface area contributed by atoms with Crippen molar-refractivity contribution in [3.8, 4) is 0 Å². The number of nitrogens with one attached hydrogen (secondary N) is 1. The minimum Gasteiger partial charge on any atom is -0.382 e. The molecule has 0 spiro atoms. The number of nitrogens with zero attached hydrogens (tertiary/aromatic N) is 2. The Labute approximate surface area is 119 Å². The normalized spacial score (nSPS) is 18.3. The number of piperidine rings is 1. The Bertz CT molecular complexity index is 206. The Morgan fingerprint density at radius 1 is 1.21 bits per heavy atom. The third kappa shape index (κ3) is 7.25. The lowest BCUT2D eigenvalue weighted by molar-refractivity contribution is 0.130. The van der Waals surface area contributed by atoms with Crippen molar-refractivity contribution in [2.75, 3.05) is 59.5 Å². The van der Waals surface area contributed by atoms with Crippen molar-refractivity contribution in [3.05, 3.63) is 0 Å². The van der Waals surface area contributed by atoms with Crippen LogP contribution in [-0.4, -0.2) is 75.4 Å². The molecule has 1 rings (SSSR count). The van der Waals surface area contributed by atoms with Gasteiger partial charge in [0.15, 0.2) is 0 Å². The summed E-state index contributed by atoms with van der Waals surface area (Å²) in [6, 6.07) is 0.785. The van der Waals surface area contributed by atoms with Gasteiger partial charge >= 0.3 is 0 Å². The predicted molar refractivity (Wildman–Crippen MR) is 81.7 cm³/mol. The van der Waals surface area contributed by atoms with E-state index in [4.69, 9.17) is 4.74 Å². The maximum atomic E-state index is 5.32. The molecule has 4 nitrogen and oxygen atoms in total. The zero-order chi connectivity index (χ0) is 13.9. The van der Waals surface area contributed by atoms with Crippen LogP contribution in [0.15, 0.2) is 0 Å². The summed E-state index contributed by atoms with van der Waals surface area (Å²) in [5.41, 5.74) is 0. The van der Waals surface area contributed by atoms with Crippen molar-refractivity contribution in [1.29, 1.82) is 0 Å². The quantitative estimate of drug-likeness (QED) is 0.608. The molecule has 1 aliphatic rings. The van der Waals surface area contributed by atoms with Crippen molar-refractivity contribution in [1.82, 2.24) is 15.1 Å². The van der Waals surface area contributed by atoms with E-state index in [1.807, 2.05) is 6.92 Å². The number of hydrogen-bond donors (Lipinski definition) is 1. The molecule has 0 amide bonds. The van der Waals surface area contributed by atoms with Crippen molar-refractivity contribution in [2.45, 2.75) is 39.2 Å². The monoisotopic (exact) mass is 271 g/mol. The number of hydrogen-bond acceptors (Lipinski definition) is 4. The number of rotatable bonds is 10. The zero-order valence-electron chi connectivity index (χ0n) is 13.2. The van der Waals surface area contributed by atoms with Crippen molar-refractivity contribution < 1.29 is 4.74 Å². The highest BCUT2D eigenvalue weighted by molar-refractivity contribution is 4.77. The van der Waals surface area contributed by atoms with Gasteiger partial charge in [-0.15, -0.1) is 0 Å². The summed E-state index contributed by atoms with van der Waals surface area (Å²) in [6.07, 6.45) is 3.77. The first kappa shape index (κ1) is 16.9. The molecule has 0 aromatic rings. The molecule has 0 atom stereocenters. The Hall–Kier alpha value is -0.160. The van der Waals surface area contributed by atoms with Crippen molar-refractivity contribution >= 4 is 0 Å². The fourth-order valence-corrected chi connectivity index (χ4v) is 2.68. The van der Waals surface area contributed by atoms with E-state index in [1.165, 1.54) is 32.5 Å². The van der Waals surface area contributed by atoms with Crippen LogP contribution in [0.2, 0.25) is 0 Å². The van der Waals surface area contributed by atoms with Crippen LogP contribution < -0.4 is 5.32 Å². The highest BCUT2D eigenvalue weighted by Crippen LogP contribution is 2.14. The maximum absolute atomic E-state index is 5.32.